The smallest absolute Gasteiger partial charge is 0.463 e. The lowest BCUT2D eigenvalue weighted by Gasteiger charge is -2.21. The number of hydrogen-bond acceptors (Lipinski definition) is 2. The van der Waals surface area contributed by atoms with Crippen molar-refractivity contribution in [3.05, 3.63) is 35.9 Å². The number of amides is 1. The number of carbonyl (C=O) groups is 2. The summed E-state index contributed by atoms with van der Waals surface area (Å²) in [6, 6.07) is 5.66. The number of halogens is 5. The van der Waals surface area contributed by atoms with E-state index in [4.69, 9.17) is 5.11 Å². The van der Waals surface area contributed by atoms with Crippen LogP contribution in [-0.4, -0.2) is 35.1 Å². The number of aliphatic carboxylic acids is 1. The summed E-state index contributed by atoms with van der Waals surface area (Å²) in [5.41, 5.74) is 0.362. The Morgan fingerprint density at radius 2 is 1.62 bits per heavy atom. The first-order valence-electron chi connectivity index (χ1n) is 5.58. The number of carboxylic acid groups (broad SMARTS) is 1. The second-order valence-electron chi connectivity index (χ2n) is 4.13. The Kier molecular flexibility index (Phi) is 4.87. The minimum atomic E-state index is -6.09. The molecule has 0 saturated carbocycles. The number of rotatable bonds is 5. The van der Waals surface area contributed by atoms with Gasteiger partial charge in [-0.05, 0) is 5.56 Å². The predicted molar refractivity (Wildman–Crippen MR) is 60.7 cm³/mol. The molecule has 4 nitrogen and oxygen atoms in total. The van der Waals surface area contributed by atoms with E-state index >= 15 is 0 Å². The topological polar surface area (TPSA) is 66.4 Å². The summed E-state index contributed by atoms with van der Waals surface area (Å²) in [5, 5.41) is 10.0. The van der Waals surface area contributed by atoms with Crippen LogP contribution >= 0.6 is 0 Å². The van der Waals surface area contributed by atoms with Crippen LogP contribution in [0.4, 0.5) is 22.0 Å². The summed E-state index contributed by atoms with van der Waals surface area (Å²) in [6.45, 7) is 0. The third-order valence-corrected chi connectivity index (χ3v) is 2.53. The Morgan fingerprint density at radius 1 is 1.10 bits per heavy atom. The number of carbonyl (C=O) groups excluding carboxylic acids is 1. The molecule has 0 aliphatic rings. The van der Waals surface area contributed by atoms with Gasteiger partial charge in [0.05, 0.1) is 0 Å². The summed E-state index contributed by atoms with van der Waals surface area (Å²) >= 11 is 0. The van der Waals surface area contributed by atoms with Gasteiger partial charge in [-0.2, -0.15) is 22.0 Å². The fourth-order valence-electron chi connectivity index (χ4n) is 1.43. The first kappa shape index (κ1) is 16.9. The van der Waals surface area contributed by atoms with E-state index in [0.717, 1.165) is 0 Å². The SMILES string of the molecule is O=C(O)C(Cc1ccccc1)NC(=O)C(F)(F)C(F)(F)F. The van der Waals surface area contributed by atoms with Crippen LogP contribution in [0.5, 0.6) is 0 Å². The summed E-state index contributed by atoms with van der Waals surface area (Å²) in [6.07, 6.45) is -6.51. The number of nitrogens with one attached hydrogen (secondary N) is 1. The van der Waals surface area contributed by atoms with Crippen molar-refractivity contribution in [3.63, 3.8) is 0 Å². The van der Waals surface area contributed by atoms with Gasteiger partial charge in [-0.15, -0.1) is 0 Å². The first-order valence-corrected chi connectivity index (χ1v) is 5.58. The van der Waals surface area contributed by atoms with Crippen LogP contribution < -0.4 is 5.32 Å². The zero-order valence-electron chi connectivity index (χ0n) is 10.3. The van der Waals surface area contributed by atoms with Gasteiger partial charge in [0.2, 0.25) is 0 Å². The lowest BCUT2D eigenvalue weighted by atomic mass is 10.1. The van der Waals surface area contributed by atoms with E-state index in [1.54, 1.807) is 6.07 Å². The van der Waals surface area contributed by atoms with Gasteiger partial charge in [-0.3, -0.25) is 4.79 Å². The molecule has 1 amide bonds. The minimum absolute atomic E-state index is 0.362. The highest BCUT2D eigenvalue weighted by atomic mass is 19.4. The van der Waals surface area contributed by atoms with Gasteiger partial charge in [-0.25, -0.2) is 4.79 Å². The molecule has 21 heavy (non-hydrogen) atoms. The van der Waals surface area contributed by atoms with E-state index in [0.29, 0.717) is 5.56 Å². The standard InChI is InChI=1S/C12H10F5NO3/c13-11(14,12(15,16)17)10(21)18-8(9(19)20)6-7-4-2-1-3-5-7/h1-5,8H,6H2,(H,18,21)(H,19,20). The van der Waals surface area contributed by atoms with Crippen molar-refractivity contribution >= 4 is 11.9 Å². The van der Waals surface area contributed by atoms with E-state index < -0.39 is 36.4 Å². The van der Waals surface area contributed by atoms with Gasteiger partial charge >= 0.3 is 24.0 Å². The van der Waals surface area contributed by atoms with Gasteiger partial charge in [0.25, 0.3) is 0 Å². The molecular weight excluding hydrogens is 301 g/mol. The molecule has 0 aliphatic carbocycles. The van der Waals surface area contributed by atoms with Crippen LogP contribution in [-0.2, 0) is 16.0 Å². The van der Waals surface area contributed by atoms with Crippen molar-refractivity contribution in [1.82, 2.24) is 5.32 Å². The second-order valence-corrected chi connectivity index (χ2v) is 4.13. The summed E-state index contributed by atoms with van der Waals surface area (Å²) < 4.78 is 61.5. The van der Waals surface area contributed by atoms with Gasteiger partial charge < -0.3 is 10.4 Å². The lowest BCUT2D eigenvalue weighted by molar-refractivity contribution is -0.270. The van der Waals surface area contributed by atoms with Crippen molar-refractivity contribution in [2.75, 3.05) is 0 Å². The largest absolute Gasteiger partial charge is 0.480 e. The average Bonchev–Trinajstić information content (AvgIpc) is 2.37. The van der Waals surface area contributed by atoms with Gasteiger partial charge in [0.15, 0.2) is 0 Å². The third-order valence-electron chi connectivity index (χ3n) is 2.53. The average molecular weight is 311 g/mol. The minimum Gasteiger partial charge on any atom is -0.480 e. The zero-order chi connectivity index (χ0) is 16.3. The Labute approximate surface area is 115 Å². The first-order chi connectivity index (χ1) is 9.55. The van der Waals surface area contributed by atoms with Crippen LogP contribution in [0.1, 0.15) is 5.56 Å². The number of hydrogen-bond donors (Lipinski definition) is 2. The van der Waals surface area contributed by atoms with Crippen molar-refractivity contribution in [3.8, 4) is 0 Å². The molecule has 1 aromatic carbocycles. The molecule has 1 atom stereocenters. The number of carboxylic acids is 1. The molecule has 1 aromatic rings. The van der Waals surface area contributed by atoms with Crippen LogP contribution in [0.3, 0.4) is 0 Å². The maximum Gasteiger partial charge on any atom is 0.463 e. The van der Waals surface area contributed by atoms with Crippen molar-refractivity contribution < 1.29 is 36.6 Å². The molecule has 0 heterocycles. The van der Waals surface area contributed by atoms with E-state index in [9.17, 15) is 31.5 Å². The summed E-state index contributed by atoms with van der Waals surface area (Å²) in [5.74, 6) is -10.1. The van der Waals surface area contributed by atoms with E-state index in [1.807, 2.05) is 0 Å². The lowest BCUT2D eigenvalue weighted by Crippen LogP contribution is -2.55. The Bertz CT molecular complexity index is 515. The van der Waals surface area contributed by atoms with Crippen LogP contribution in [0.15, 0.2) is 30.3 Å². The van der Waals surface area contributed by atoms with Crippen molar-refractivity contribution in [2.45, 2.75) is 24.6 Å². The Hall–Kier alpha value is -2.19. The molecule has 0 aromatic heterocycles. The van der Waals surface area contributed by atoms with E-state index in [-0.39, 0.29) is 0 Å². The molecule has 0 saturated heterocycles. The molecule has 0 spiro atoms. The molecule has 9 heteroatoms. The number of alkyl halides is 5. The predicted octanol–water partition coefficient (Wildman–Crippen LogP) is 2.00. The molecule has 2 N–H and O–H groups in total. The zero-order valence-corrected chi connectivity index (χ0v) is 10.3. The maximum atomic E-state index is 12.8. The fraction of sp³-hybridized carbons (Fsp3) is 0.333. The molecular formula is C12H10F5NO3. The van der Waals surface area contributed by atoms with Gasteiger partial charge in [-0.1, -0.05) is 30.3 Å². The van der Waals surface area contributed by atoms with Gasteiger partial charge in [0, 0.05) is 6.42 Å². The van der Waals surface area contributed by atoms with Crippen LogP contribution in [0.2, 0.25) is 0 Å². The molecule has 1 rings (SSSR count). The highest BCUT2D eigenvalue weighted by Gasteiger charge is 2.63. The second kappa shape index (κ2) is 6.06. The highest BCUT2D eigenvalue weighted by Crippen LogP contribution is 2.35. The highest BCUT2D eigenvalue weighted by molar-refractivity contribution is 5.88. The molecule has 0 fully saturated rings. The third kappa shape index (κ3) is 4.14. The summed E-state index contributed by atoms with van der Waals surface area (Å²) in [4.78, 5) is 21.8. The normalized spacial score (nSPS) is 13.6. The maximum absolute atomic E-state index is 12.8. The molecule has 0 aliphatic heterocycles. The monoisotopic (exact) mass is 311 g/mol. The Balaban J connectivity index is 2.85. The molecule has 0 radical (unpaired) electrons. The molecule has 116 valence electrons. The van der Waals surface area contributed by atoms with E-state index in [1.165, 1.54) is 29.6 Å². The molecule has 0 bridgehead atoms. The van der Waals surface area contributed by atoms with Gasteiger partial charge in [0.1, 0.15) is 6.04 Å². The van der Waals surface area contributed by atoms with Crippen molar-refractivity contribution in [2.24, 2.45) is 0 Å². The van der Waals surface area contributed by atoms with Crippen molar-refractivity contribution in [1.29, 1.82) is 0 Å². The fourth-order valence-corrected chi connectivity index (χ4v) is 1.43. The van der Waals surface area contributed by atoms with Crippen LogP contribution in [0, 0.1) is 0 Å². The quantitative estimate of drug-likeness (QED) is 0.817. The Morgan fingerprint density at radius 3 is 2.05 bits per heavy atom. The van der Waals surface area contributed by atoms with E-state index in [2.05, 4.69) is 0 Å². The number of benzene rings is 1. The van der Waals surface area contributed by atoms with Crippen LogP contribution in [0.25, 0.3) is 0 Å². The molecule has 1 unspecified atom stereocenters. The summed E-state index contributed by atoms with van der Waals surface area (Å²) in [7, 11) is 0.